The third-order valence-corrected chi connectivity index (χ3v) is 10.9. The van der Waals surface area contributed by atoms with Gasteiger partial charge in [-0.2, -0.15) is 5.10 Å². The molecule has 3 aromatic rings. The van der Waals surface area contributed by atoms with Crippen molar-refractivity contribution in [2.45, 2.75) is 93.9 Å². The average Bonchev–Trinajstić information content (AvgIpc) is 3.47. The molecule has 0 bridgehead atoms. The lowest BCUT2D eigenvalue weighted by molar-refractivity contribution is 0.109. The number of nitrogens with one attached hydrogen (secondary N) is 4. The second-order valence-corrected chi connectivity index (χ2v) is 14.0. The number of anilines is 2. The van der Waals surface area contributed by atoms with Gasteiger partial charge in [0.05, 0.1) is 30.6 Å². The number of amides is 1. The van der Waals surface area contributed by atoms with Crippen molar-refractivity contribution >= 4 is 38.7 Å². The number of thiazole rings is 1. The van der Waals surface area contributed by atoms with Gasteiger partial charge in [-0.05, 0) is 71.4 Å². The topological polar surface area (TPSA) is 133 Å². The van der Waals surface area contributed by atoms with Crippen molar-refractivity contribution in [3.63, 3.8) is 0 Å². The highest BCUT2D eigenvalue weighted by atomic mass is 32.2. The molecule has 2 fully saturated rings. The van der Waals surface area contributed by atoms with E-state index in [0.717, 1.165) is 71.8 Å². The van der Waals surface area contributed by atoms with Crippen LogP contribution < -0.4 is 10.6 Å². The number of aryl methyl sites for hydroxylation is 1. The monoisotopic (exact) mass is 556 g/mol. The van der Waals surface area contributed by atoms with Crippen molar-refractivity contribution in [1.82, 2.24) is 20.5 Å². The maximum Gasteiger partial charge on any atom is 0.407 e. The maximum atomic E-state index is 13.8. The molecule has 0 aliphatic heterocycles. The van der Waals surface area contributed by atoms with Gasteiger partial charge in [0.2, 0.25) is 0 Å². The van der Waals surface area contributed by atoms with E-state index in [0.29, 0.717) is 16.6 Å². The predicted molar refractivity (Wildman–Crippen MR) is 151 cm³/mol. The summed E-state index contributed by atoms with van der Waals surface area (Å²) in [6.07, 6.45) is 7.71. The van der Waals surface area contributed by atoms with Crippen LogP contribution in [0.25, 0.3) is 10.4 Å². The Bertz CT molecular complexity index is 1390. The van der Waals surface area contributed by atoms with Crippen molar-refractivity contribution in [3.8, 4) is 10.4 Å². The van der Waals surface area contributed by atoms with Crippen molar-refractivity contribution < 1.29 is 13.7 Å². The highest BCUT2D eigenvalue weighted by Gasteiger charge is 2.32. The molecule has 2 heterocycles. The van der Waals surface area contributed by atoms with Crippen LogP contribution in [0.1, 0.15) is 75.4 Å². The summed E-state index contributed by atoms with van der Waals surface area (Å²) in [7, 11) is -2.98. The van der Waals surface area contributed by atoms with Crippen LogP contribution >= 0.6 is 11.3 Å². The SMILES string of the molecule is Cc1cc(Nc2ccc(-c3cnc([C@H]4CC[C@H](NC(=O)OC(C)C)CC4)s3)c(S(=N)(=O)C3CCC3)c2)n[nH]1. The lowest BCUT2D eigenvalue weighted by atomic mass is 9.86. The minimum atomic E-state index is -2.98. The van der Waals surface area contributed by atoms with Gasteiger partial charge in [-0.15, -0.1) is 11.3 Å². The van der Waals surface area contributed by atoms with Crippen LogP contribution in [-0.4, -0.2) is 42.9 Å². The Hall–Kier alpha value is -2.92. The molecular formula is C27H36N6O3S2. The summed E-state index contributed by atoms with van der Waals surface area (Å²) < 4.78 is 28.0. The molecule has 2 saturated carbocycles. The van der Waals surface area contributed by atoms with Crippen LogP contribution in [0.15, 0.2) is 35.4 Å². The molecule has 2 aliphatic carbocycles. The lowest BCUT2D eigenvalue weighted by Crippen LogP contribution is -2.38. The Morgan fingerprint density at radius 1 is 1.18 bits per heavy atom. The molecule has 1 amide bonds. The van der Waals surface area contributed by atoms with Crippen LogP contribution in [0.3, 0.4) is 0 Å². The number of H-pyrrole nitrogens is 1. The van der Waals surface area contributed by atoms with Gasteiger partial charge >= 0.3 is 6.09 Å². The molecule has 38 heavy (non-hydrogen) atoms. The molecule has 2 aliphatic rings. The predicted octanol–water partition coefficient (Wildman–Crippen LogP) is 6.70. The van der Waals surface area contributed by atoms with Gasteiger partial charge < -0.3 is 15.4 Å². The van der Waals surface area contributed by atoms with Crippen LogP contribution in [0, 0.1) is 11.7 Å². The number of carbonyl (C=O) groups excluding carboxylic acids is 1. The van der Waals surface area contributed by atoms with Gasteiger partial charge in [0.25, 0.3) is 0 Å². The molecule has 9 nitrogen and oxygen atoms in total. The van der Waals surface area contributed by atoms with E-state index in [9.17, 15) is 9.00 Å². The Kier molecular flexibility index (Phi) is 7.76. The van der Waals surface area contributed by atoms with Crippen molar-refractivity contribution in [2.75, 3.05) is 5.32 Å². The van der Waals surface area contributed by atoms with Crippen LogP contribution in [0.2, 0.25) is 0 Å². The third kappa shape index (κ3) is 5.88. The van der Waals surface area contributed by atoms with Crippen molar-refractivity contribution in [3.05, 3.63) is 41.2 Å². The van der Waals surface area contributed by atoms with Gasteiger partial charge in [-0.1, -0.05) is 12.5 Å². The number of aromatic amines is 1. The zero-order valence-corrected chi connectivity index (χ0v) is 23.7. The quantitative estimate of drug-likeness (QED) is 0.244. The Morgan fingerprint density at radius 3 is 2.58 bits per heavy atom. The van der Waals surface area contributed by atoms with Crippen molar-refractivity contribution in [2.24, 2.45) is 0 Å². The van der Waals surface area contributed by atoms with E-state index in [2.05, 4.69) is 20.8 Å². The summed E-state index contributed by atoms with van der Waals surface area (Å²) >= 11 is 1.63. The lowest BCUT2D eigenvalue weighted by Gasteiger charge is -2.29. The van der Waals surface area contributed by atoms with Gasteiger partial charge in [-0.25, -0.2) is 18.8 Å². The molecule has 1 aromatic carbocycles. The summed E-state index contributed by atoms with van der Waals surface area (Å²) in [5.41, 5.74) is 2.54. The minimum absolute atomic E-state index is 0.110. The first-order chi connectivity index (χ1) is 18.2. The fraction of sp³-hybridized carbons (Fsp3) is 0.519. The number of benzene rings is 1. The number of hydrogen-bond donors (Lipinski definition) is 4. The molecule has 204 valence electrons. The summed E-state index contributed by atoms with van der Waals surface area (Å²) in [6, 6.07) is 7.80. The van der Waals surface area contributed by atoms with E-state index in [1.165, 1.54) is 0 Å². The van der Waals surface area contributed by atoms with Crippen LogP contribution in [0.5, 0.6) is 0 Å². The van der Waals surface area contributed by atoms with Gasteiger partial charge in [0.1, 0.15) is 0 Å². The molecular weight excluding hydrogens is 520 g/mol. The summed E-state index contributed by atoms with van der Waals surface area (Å²) in [5, 5.41) is 14.4. The summed E-state index contributed by atoms with van der Waals surface area (Å²) in [4.78, 5) is 18.2. The Morgan fingerprint density at radius 2 is 1.95 bits per heavy atom. The molecule has 2 aromatic heterocycles. The number of rotatable bonds is 8. The molecule has 5 rings (SSSR count). The van der Waals surface area contributed by atoms with E-state index in [1.54, 1.807) is 11.3 Å². The third-order valence-electron chi connectivity index (χ3n) is 7.34. The number of nitrogens with zero attached hydrogens (tertiary/aromatic N) is 2. The zero-order chi connectivity index (χ0) is 26.9. The molecule has 1 unspecified atom stereocenters. The van der Waals surface area contributed by atoms with Crippen LogP contribution in [-0.2, 0) is 14.5 Å². The highest BCUT2D eigenvalue weighted by molar-refractivity contribution is 7.93. The molecule has 0 spiro atoms. The molecule has 4 N–H and O–H groups in total. The first-order valence-corrected chi connectivity index (χ1v) is 15.8. The molecule has 1 atom stereocenters. The number of alkyl carbamates (subject to hydrolysis) is 1. The zero-order valence-electron chi connectivity index (χ0n) is 22.1. The Balaban J connectivity index is 1.34. The average molecular weight is 557 g/mol. The fourth-order valence-electron chi connectivity index (χ4n) is 5.07. The van der Waals surface area contributed by atoms with Gasteiger partial charge in [0.15, 0.2) is 5.82 Å². The van der Waals surface area contributed by atoms with Gasteiger partial charge in [0, 0.05) is 46.4 Å². The van der Waals surface area contributed by atoms with E-state index in [1.807, 2.05) is 51.2 Å². The maximum absolute atomic E-state index is 13.8. The smallest absolute Gasteiger partial charge is 0.407 e. The summed E-state index contributed by atoms with van der Waals surface area (Å²) in [5.74, 6) is 1.01. The fourth-order valence-corrected chi connectivity index (χ4v) is 8.42. The molecule has 0 radical (unpaired) electrons. The van der Waals surface area contributed by atoms with Crippen LogP contribution in [0.4, 0.5) is 16.3 Å². The van der Waals surface area contributed by atoms with E-state index < -0.39 is 9.73 Å². The van der Waals surface area contributed by atoms with Crippen molar-refractivity contribution in [1.29, 1.82) is 4.78 Å². The normalized spacial score (nSPS) is 21.5. The largest absolute Gasteiger partial charge is 0.447 e. The van der Waals surface area contributed by atoms with E-state index in [4.69, 9.17) is 14.5 Å². The first kappa shape index (κ1) is 26.7. The van der Waals surface area contributed by atoms with Gasteiger partial charge in [-0.3, -0.25) is 5.10 Å². The second kappa shape index (κ2) is 11.1. The van der Waals surface area contributed by atoms with E-state index in [-0.39, 0.29) is 23.5 Å². The number of carbonyl (C=O) groups is 1. The second-order valence-electron chi connectivity index (χ2n) is 10.6. The number of aromatic nitrogens is 3. The first-order valence-electron chi connectivity index (χ1n) is 13.3. The number of hydrogen-bond acceptors (Lipinski definition) is 8. The minimum Gasteiger partial charge on any atom is -0.447 e. The standard InChI is InChI=1S/C27H36N6O3S2/c1-16(2)36-27(34)31-19-9-7-18(8-10-19)26-29-15-23(37-26)22-12-11-20(30-25-13-17(3)32-33-25)14-24(22)38(28,35)21-5-4-6-21/h11-16,18-19,21,28H,4-10H2,1-3H3,(H,31,34)(H2,30,32,33)/t18-,19-,38?. The Labute approximate surface area is 228 Å². The number of ether oxygens (including phenoxy) is 1. The molecule has 11 heteroatoms. The highest BCUT2D eigenvalue weighted by Crippen LogP contribution is 2.42. The van der Waals surface area contributed by atoms with E-state index >= 15 is 0 Å². The molecule has 0 saturated heterocycles. The summed E-state index contributed by atoms with van der Waals surface area (Å²) in [6.45, 7) is 5.62.